The van der Waals surface area contributed by atoms with Gasteiger partial charge in [0.05, 0.1) is 0 Å². The molecule has 2 aliphatic rings. The van der Waals surface area contributed by atoms with Gasteiger partial charge in [-0.2, -0.15) is 0 Å². The third-order valence-corrected chi connectivity index (χ3v) is 2.28. The quantitative estimate of drug-likeness (QED) is 0.574. The van der Waals surface area contributed by atoms with E-state index >= 15 is 0 Å². The molecule has 76 valence electrons. The van der Waals surface area contributed by atoms with Gasteiger partial charge in [-0.3, -0.25) is 0 Å². The first kappa shape index (κ1) is 10.3. The predicted molar refractivity (Wildman–Crippen MR) is 52.7 cm³/mol. The van der Waals surface area contributed by atoms with E-state index in [4.69, 9.17) is 0 Å². The normalized spacial score (nSPS) is 22.7. The van der Waals surface area contributed by atoms with Gasteiger partial charge in [0.25, 0.3) is 0 Å². The van der Waals surface area contributed by atoms with Gasteiger partial charge in [0.1, 0.15) is 0 Å². The number of nitrogens with one attached hydrogen (secondary N) is 2. The van der Waals surface area contributed by atoms with Crippen molar-refractivity contribution in [3.05, 3.63) is 0 Å². The molecule has 0 aromatic rings. The molecule has 4 nitrogen and oxygen atoms in total. The maximum Gasteiger partial charge on any atom is 0.314 e. The number of amides is 2. The Balaban J connectivity index is 0.000000132. The Morgan fingerprint density at radius 2 is 1.62 bits per heavy atom. The number of nitrogens with zero attached hydrogens (tertiary/aromatic N) is 1. The molecule has 2 rings (SSSR count). The molecule has 2 fully saturated rings. The van der Waals surface area contributed by atoms with Crippen molar-refractivity contribution >= 4 is 6.03 Å². The van der Waals surface area contributed by atoms with Crippen LogP contribution in [-0.4, -0.2) is 44.2 Å². The number of likely N-dealkylation sites (tertiary alicyclic amines) is 1. The predicted octanol–water partition coefficient (Wildman–Crippen LogP) is 0.401. The van der Waals surface area contributed by atoms with Crippen LogP contribution in [0.1, 0.15) is 19.3 Å². The molecular weight excluding hydrogens is 166 g/mol. The van der Waals surface area contributed by atoms with Crippen LogP contribution in [0.25, 0.3) is 0 Å². The zero-order chi connectivity index (χ0) is 9.52. The van der Waals surface area contributed by atoms with Gasteiger partial charge in [-0.15, -0.1) is 0 Å². The van der Waals surface area contributed by atoms with Crippen molar-refractivity contribution < 1.29 is 4.79 Å². The molecule has 0 unspecified atom stereocenters. The maximum atomic E-state index is 10.0. The molecule has 0 spiro atoms. The van der Waals surface area contributed by atoms with Crippen LogP contribution in [0.5, 0.6) is 0 Å². The van der Waals surface area contributed by atoms with Crippen LogP contribution in [0.4, 0.5) is 4.79 Å². The summed E-state index contributed by atoms with van der Waals surface area (Å²) >= 11 is 0. The molecule has 0 aromatic heterocycles. The fraction of sp³-hybridized carbons (Fsp3) is 0.889. The van der Waals surface area contributed by atoms with Crippen molar-refractivity contribution in [3.63, 3.8) is 0 Å². The van der Waals surface area contributed by atoms with Gasteiger partial charge >= 0.3 is 6.03 Å². The van der Waals surface area contributed by atoms with E-state index in [0.717, 1.165) is 13.1 Å². The fourth-order valence-corrected chi connectivity index (χ4v) is 1.47. The fourth-order valence-electron chi connectivity index (χ4n) is 1.47. The van der Waals surface area contributed by atoms with E-state index < -0.39 is 0 Å². The summed E-state index contributed by atoms with van der Waals surface area (Å²) in [6.07, 6.45) is 4.28. The lowest BCUT2D eigenvalue weighted by atomic mass is 10.1. The Morgan fingerprint density at radius 1 is 1.08 bits per heavy atom. The van der Waals surface area contributed by atoms with Gasteiger partial charge in [0.15, 0.2) is 0 Å². The molecule has 0 bridgehead atoms. The first-order valence-corrected chi connectivity index (χ1v) is 4.99. The molecule has 0 aromatic carbocycles. The summed E-state index contributed by atoms with van der Waals surface area (Å²) in [5.74, 6) is 0. The van der Waals surface area contributed by atoms with Crippen LogP contribution >= 0.6 is 0 Å². The van der Waals surface area contributed by atoms with Gasteiger partial charge in [0.2, 0.25) is 0 Å². The topological polar surface area (TPSA) is 44.4 Å². The van der Waals surface area contributed by atoms with Crippen LogP contribution in [-0.2, 0) is 0 Å². The summed E-state index contributed by atoms with van der Waals surface area (Å²) in [6.45, 7) is 4.19. The lowest BCUT2D eigenvalue weighted by molar-refractivity contribution is 0.248. The maximum absolute atomic E-state index is 10.0. The van der Waals surface area contributed by atoms with E-state index in [2.05, 4.69) is 22.6 Å². The Kier molecular flexibility index (Phi) is 4.60. The summed E-state index contributed by atoms with van der Waals surface area (Å²) < 4.78 is 0. The lowest BCUT2D eigenvalue weighted by Crippen LogP contribution is -2.24. The second kappa shape index (κ2) is 5.80. The van der Waals surface area contributed by atoms with Crippen molar-refractivity contribution in [2.75, 3.05) is 33.2 Å². The number of carbonyl (C=O) groups is 1. The van der Waals surface area contributed by atoms with E-state index in [-0.39, 0.29) is 6.03 Å². The van der Waals surface area contributed by atoms with Crippen LogP contribution in [0, 0.1) is 0 Å². The number of carbonyl (C=O) groups excluding carboxylic acids is 1. The van der Waals surface area contributed by atoms with Gasteiger partial charge in [0, 0.05) is 13.1 Å². The standard InChI is InChI=1S/C6H13N.C3H6N2O/c1-7-5-3-2-4-6-7;6-3-4-1-2-5-3/h2-6H2,1H3;1-2H2,(H2,4,5,6). The number of hydrogen-bond donors (Lipinski definition) is 2. The van der Waals surface area contributed by atoms with Crippen LogP contribution in [0.3, 0.4) is 0 Å². The molecule has 2 N–H and O–H groups in total. The first-order chi connectivity index (χ1) is 6.29. The number of hydrogen-bond acceptors (Lipinski definition) is 2. The number of rotatable bonds is 0. The molecule has 2 heterocycles. The second-order valence-corrected chi connectivity index (χ2v) is 3.55. The third-order valence-electron chi connectivity index (χ3n) is 2.28. The molecule has 4 heteroatoms. The summed E-state index contributed by atoms with van der Waals surface area (Å²) in [7, 11) is 2.19. The smallest absolute Gasteiger partial charge is 0.314 e. The monoisotopic (exact) mass is 185 g/mol. The second-order valence-electron chi connectivity index (χ2n) is 3.55. The van der Waals surface area contributed by atoms with E-state index in [0.29, 0.717) is 0 Å². The largest absolute Gasteiger partial charge is 0.336 e. The molecule has 2 amide bonds. The minimum absolute atomic E-state index is 0.0463. The molecule has 0 atom stereocenters. The van der Waals surface area contributed by atoms with E-state index in [9.17, 15) is 4.79 Å². The summed E-state index contributed by atoms with van der Waals surface area (Å²) in [6, 6.07) is -0.0463. The summed E-state index contributed by atoms with van der Waals surface area (Å²) in [5, 5.41) is 5.14. The minimum Gasteiger partial charge on any atom is -0.336 e. The van der Waals surface area contributed by atoms with Gasteiger partial charge in [-0.25, -0.2) is 4.79 Å². The molecule has 13 heavy (non-hydrogen) atoms. The van der Waals surface area contributed by atoms with Crippen molar-refractivity contribution in [2.45, 2.75) is 19.3 Å². The van der Waals surface area contributed by atoms with Gasteiger partial charge in [-0.1, -0.05) is 6.42 Å². The van der Waals surface area contributed by atoms with Crippen molar-refractivity contribution in [2.24, 2.45) is 0 Å². The van der Waals surface area contributed by atoms with E-state index in [1.807, 2.05) is 0 Å². The Morgan fingerprint density at radius 3 is 1.85 bits per heavy atom. The first-order valence-electron chi connectivity index (χ1n) is 4.99. The highest BCUT2D eigenvalue weighted by Crippen LogP contribution is 2.04. The highest BCUT2D eigenvalue weighted by Gasteiger charge is 2.03. The highest BCUT2D eigenvalue weighted by atomic mass is 16.2. The van der Waals surface area contributed by atoms with Crippen LogP contribution < -0.4 is 10.6 Å². The third kappa shape index (κ3) is 4.72. The average Bonchev–Trinajstić information content (AvgIpc) is 2.58. The van der Waals surface area contributed by atoms with E-state index in [1.165, 1.54) is 32.4 Å². The number of urea groups is 1. The highest BCUT2D eigenvalue weighted by molar-refractivity contribution is 5.75. The molecule has 0 radical (unpaired) electrons. The van der Waals surface area contributed by atoms with Crippen LogP contribution in [0.15, 0.2) is 0 Å². The SMILES string of the molecule is CN1CCCCC1.O=C1NCCN1. The lowest BCUT2D eigenvalue weighted by Gasteiger charge is -2.20. The minimum atomic E-state index is -0.0463. The summed E-state index contributed by atoms with van der Waals surface area (Å²) in [4.78, 5) is 12.4. The molecule has 0 saturated carbocycles. The number of piperidine rings is 1. The molecule has 2 saturated heterocycles. The van der Waals surface area contributed by atoms with E-state index in [1.54, 1.807) is 0 Å². The van der Waals surface area contributed by atoms with Crippen LogP contribution in [0.2, 0.25) is 0 Å². The zero-order valence-corrected chi connectivity index (χ0v) is 8.31. The van der Waals surface area contributed by atoms with Gasteiger partial charge < -0.3 is 15.5 Å². The molecular formula is C9H19N3O. The Labute approximate surface area is 79.7 Å². The van der Waals surface area contributed by atoms with Crippen molar-refractivity contribution in [3.8, 4) is 0 Å². The molecule has 0 aliphatic carbocycles. The Bertz CT molecular complexity index is 147. The summed E-state index contributed by atoms with van der Waals surface area (Å²) in [5.41, 5.74) is 0. The van der Waals surface area contributed by atoms with Crippen molar-refractivity contribution in [1.29, 1.82) is 0 Å². The Hall–Kier alpha value is -0.770. The average molecular weight is 185 g/mol. The van der Waals surface area contributed by atoms with Crippen molar-refractivity contribution in [1.82, 2.24) is 15.5 Å². The zero-order valence-electron chi connectivity index (χ0n) is 8.31. The van der Waals surface area contributed by atoms with Gasteiger partial charge in [-0.05, 0) is 33.0 Å². The molecule has 2 aliphatic heterocycles.